The zero-order valence-electron chi connectivity index (χ0n) is 10.7. The summed E-state index contributed by atoms with van der Waals surface area (Å²) in [5.74, 6) is 0. The third-order valence-corrected chi connectivity index (χ3v) is 3.39. The number of benzene rings is 1. The molecule has 0 spiro atoms. The minimum atomic E-state index is 0.184. The van der Waals surface area contributed by atoms with Gasteiger partial charge in [0.2, 0.25) is 0 Å². The van der Waals surface area contributed by atoms with Crippen LogP contribution in [-0.2, 0) is 6.42 Å². The summed E-state index contributed by atoms with van der Waals surface area (Å²) >= 11 is 11.8. The van der Waals surface area contributed by atoms with Crippen molar-refractivity contribution in [2.75, 3.05) is 6.54 Å². The fraction of sp³-hybridized carbons (Fsp3) is 0.267. The van der Waals surface area contributed by atoms with Crippen LogP contribution < -0.4 is 5.32 Å². The van der Waals surface area contributed by atoms with E-state index >= 15 is 0 Å². The number of rotatable bonds is 5. The zero-order valence-corrected chi connectivity index (χ0v) is 12.2. The van der Waals surface area contributed by atoms with Crippen molar-refractivity contribution in [3.63, 3.8) is 0 Å². The molecule has 1 N–H and O–H groups in total. The second-order valence-electron chi connectivity index (χ2n) is 4.34. The molecule has 100 valence electrons. The summed E-state index contributed by atoms with van der Waals surface area (Å²) < 4.78 is 0. The smallest absolute Gasteiger partial charge is 0.0589 e. The largest absolute Gasteiger partial charge is 0.309 e. The molecule has 2 nitrogen and oxygen atoms in total. The molecule has 1 aromatic heterocycles. The van der Waals surface area contributed by atoms with Crippen molar-refractivity contribution >= 4 is 23.2 Å². The minimum Gasteiger partial charge on any atom is -0.309 e. The molecule has 1 atom stereocenters. The Hall–Kier alpha value is -1.09. The standard InChI is InChI=1S/C15H16Cl2N2/c1-2-18-15(14-8-7-13(17)10-19-14)9-11-3-5-12(16)6-4-11/h3-8,10,15,18H,2,9H2,1H3. The molecular formula is C15H16Cl2N2. The molecule has 0 bridgehead atoms. The number of likely N-dealkylation sites (N-methyl/N-ethyl adjacent to an activating group) is 1. The van der Waals surface area contributed by atoms with Crippen LogP contribution in [-0.4, -0.2) is 11.5 Å². The Balaban J connectivity index is 2.15. The second kappa shape index (κ2) is 6.90. The zero-order chi connectivity index (χ0) is 13.7. The monoisotopic (exact) mass is 294 g/mol. The lowest BCUT2D eigenvalue weighted by molar-refractivity contribution is 0.537. The molecule has 0 amide bonds. The normalized spacial score (nSPS) is 12.4. The van der Waals surface area contributed by atoms with Gasteiger partial charge in [-0.1, -0.05) is 42.3 Å². The Morgan fingerprint density at radius 2 is 1.74 bits per heavy atom. The van der Waals surface area contributed by atoms with Gasteiger partial charge in [-0.3, -0.25) is 4.98 Å². The lowest BCUT2D eigenvalue weighted by atomic mass is 10.0. The maximum Gasteiger partial charge on any atom is 0.0589 e. The van der Waals surface area contributed by atoms with Crippen molar-refractivity contribution in [1.29, 1.82) is 0 Å². The SMILES string of the molecule is CCNC(Cc1ccc(Cl)cc1)c1ccc(Cl)cn1. The topological polar surface area (TPSA) is 24.9 Å². The molecule has 2 rings (SSSR count). The summed E-state index contributed by atoms with van der Waals surface area (Å²) in [5, 5.41) is 4.86. The van der Waals surface area contributed by atoms with E-state index in [0.717, 1.165) is 23.7 Å². The lowest BCUT2D eigenvalue weighted by Gasteiger charge is -2.17. The first-order valence-corrected chi connectivity index (χ1v) is 7.04. The molecular weight excluding hydrogens is 279 g/mol. The third-order valence-electron chi connectivity index (χ3n) is 2.91. The van der Waals surface area contributed by atoms with Crippen molar-refractivity contribution in [3.05, 3.63) is 63.9 Å². The number of halogens is 2. The number of nitrogens with one attached hydrogen (secondary N) is 1. The Kier molecular flexibility index (Phi) is 5.20. The van der Waals surface area contributed by atoms with E-state index < -0.39 is 0 Å². The quantitative estimate of drug-likeness (QED) is 0.890. The molecule has 0 radical (unpaired) electrons. The van der Waals surface area contributed by atoms with Crippen LogP contribution in [0.15, 0.2) is 42.6 Å². The van der Waals surface area contributed by atoms with Crippen LogP contribution in [0.4, 0.5) is 0 Å². The van der Waals surface area contributed by atoms with Crippen LogP contribution in [0, 0.1) is 0 Å². The van der Waals surface area contributed by atoms with Gasteiger partial charge in [-0.05, 0) is 42.8 Å². The second-order valence-corrected chi connectivity index (χ2v) is 5.22. The Morgan fingerprint density at radius 1 is 1.05 bits per heavy atom. The molecule has 1 unspecified atom stereocenters. The van der Waals surface area contributed by atoms with Crippen molar-refractivity contribution in [2.24, 2.45) is 0 Å². The third kappa shape index (κ3) is 4.20. The molecule has 0 saturated carbocycles. The Labute approximate surface area is 123 Å². The van der Waals surface area contributed by atoms with Crippen molar-refractivity contribution in [3.8, 4) is 0 Å². The maximum atomic E-state index is 5.90. The lowest BCUT2D eigenvalue weighted by Crippen LogP contribution is -2.23. The molecule has 1 heterocycles. The van der Waals surface area contributed by atoms with Gasteiger partial charge in [-0.25, -0.2) is 0 Å². The van der Waals surface area contributed by atoms with Crippen molar-refractivity contribution in [2.45, 2.75) is 19.4 Å². The van der Waals surface area contributed by atoms with E-state index in [4.69, 9.17) is 23.2 Å². The van der Waals surface area contributed by atoms with E-state index in [1.807, 2.05) is 36.4 Å². The first kappa shape index (κ1) is 14.3. The van der Waals surface area contributed by atoms with Gasteiger partial charge in [0.1, 0.15) is 0 Å². The summed E-state index contributed by atoms with van der Waals surface area (Å²) in [6.45, 7) is 2.98. The van der Waals surface area contributed by atoms with Gasteiger partial charge in [0.15, 0.2) is 0 Å². The summed E-state index contributed by atoms with van der Waals surface area (Å²) in [5.41, 5.74) is 2.23. The first-order chi connectivity index (χ1) is 9.19. The number of hydrogen-bond donors (Lipinski definition) is 1. The highest BCUT2D eigenvalue weighted by molar-refractivity contribution is 6.30. The average molecular weight is 295 g/mol. The van der Waals surface area contributed by atoms with Gasteiger partial charge in [0.25, 0.3) is 0 Å². The molecule has 0 aliphatic carbocycles. The van der Waals surface area contributed by atoms with E-state index in [9.17, 15) is 0 Å². The van der Waals surface area contributed by atoms with Gasteiger partial charge >= 0.3 is 0 Å². The Bertz CT molecular complexity index is 509. The predicted octanol–water partition coefficient (Wildman–Crippen LogP) is 4.28. The Morgan fingerprint density at radius 3 is 2.32 bits per heavy atom. The number of nitrogens with zero attached hydrogens (tertiary/aromatic N) is 1. The molecule has 1 aromatic carbocycles. The van der Waals surface area contributed by atoms with Crippen LogP contribution in [0.1, 0.15) is 24.2 Å². The molecule has 2 aromatic rings. The van der Waals surface area contributed by atoms with Gasteiger partial charge in [-0.15, -0.1) is 0 Å². The van der Waals surface area contributed by atoms with Crippen molar-refractivity contribution in [1.82, 2.24) is 10.3 Å². The summed E-state index contributed by atoms with van der Waals surface area (Å²) in [6.07, 6.45) is 2.56. The maximum absolute atomic E-state index is 5.90. The number of aromatic nitrogens is 1. The fourth-order valence-corrected chi connectivity index (χ4v) is 2.22. The fourth-order valence-electron chi connectivity index (χ4n) is 1.98. The molecule has 0 fully saturated rings. The van der Waals surface area contributed by atoms with Gasteiger partial charge in [0.05, 0.1) is 16.8 Å². The van der Waals surface area contributed by atoms with Crippen LogP contribution in [0.5, 0.6) is 0 Å². The summed E-state index contributed by atoms with van der Waals surface area (Å²) in [6, 6.07) is 11.9. The number of hydrogen-bond acceptors (Lipinski definition) is 2. The van der Waals surface area contributed by atoms with E-state index in [1.54, 1.807) is 6.20 Å². The van der Waals surface area contributed by atoms with Crippen LogP contribution in [0.3, 0.4) is 0 Å². The molecule has 0 aliphatic heterocycles. The van der Waals surface area contributed by atoms with E-state index in [0.29, 0.717) is 5.02 Å². The summed E-state index contributed by atoms with van der Waals surface area (Å²) in [7, 11) is 0. The molecule has 0 saturated heterocycles. The first-order valence-electron chi connectivity index (χ1n) is 6.28. The van der Waals surface area contributed by atoms with E-state index in [-0.39, 0.29) is 6.04 Å². The molecule has 0 aliphatic rings. The highest BCUT2D eigenvalue weighted by Gasteiger charge is 2.12. The van der Waals surface area contributed by atoms with E-state index in [2.05, 4.69) is 17.2 Å². The summed E-state index contributed by atoms with van der Waals surface area (Å²) in [4.78, 5) is 4.39. The van der Waals surface area contributed by atoms with Gasteiger partial charge in [0, 0.05) is 11.2 Å². The highest BCUT2D eigenvalue weighted by atomic mass is 35.5. The highest BCUT2D eigenvalue weighted by Crippen LogP contribution is 2.19. The molecule has 4 heteroatoms. The van der Waals surface area contributed by atoms with Gasteiger partial charge < -0.3 is 5.32 Å². The van der Waals surface area contributed by atoms with Crippen LogP contribution >= 0.6 is 23.2 Å². The predicted molar refractivity (Wildman–Crippen MR) is 80.8 cm³/mol. The van der Waals surface area contributed by atoms with Crippen LogP contribution in [0.25, 0.3) is 0 Å². The number of pyridine rings is 1. The average Bonchev–Trinajstić information content (AvgIpc) is 2.42. The molecule has 19 heavy (non-hydrogen) atoms. The van der Waals surface area contributed by atoms with Gasteiger partial charge in [-0.2, -0.15) is 0 Å². The van der Waals surface area contributed by atoms with Crippen molar-refractivity contribution < 1.29 is 0 Å². The minimum absolute atomic E-state index is 0.184. The van der Waals surface area contributed by atoms with E-state index in [1.165, 1.54) is 5.56 Å². The van der Waals surface area contributed by atoms with Crippen LogP contribution in [0.2, 0.25) is 10.0 Å².